The van der Waals surface area contributed by atoms with Gasteiger partial charge in [0.25, 0.3) is 14.1 Å². The van der Waals surface area contributed by atoms with Crippen LogP contribution in [0.2, 0.25) is 5.04 Å². The highest BCUT2D eigenvalue weighted by Crippen LogP contribution is 2.38. The molecular formula is C23H28O5Si. The fraction of sp³-hybridized carbons (Fsp3) is 0.304. The zero-order valence-electron chi connectivity index (χ0n) is 17.0. The van der Waals surface area contributed by atoms with Crippen LogP contribution in [0.5, 0.6) is 0 Å². The Morgan fingerprint density at radius 1 is 1.03 bits per heavy atom. The molecule has 0 amide bonds. The molecule has 2 atom stereocenters. The third-order valence-electron chi connectivity index (χ3n) is 4.97. The number of aliphatic hydroxyl groups excluding tert-OH is 1. The van der Waals surface area contributed by atoms with E-state index in [0.29, 0.717) is 0 Å². The Kier molecular flexibility index (Phi) is 7.30. The molecule has 2 aromatic carbocycles. The van der Waals surface area contributed by atoms with Gasteiger partial charge in [0.1, 0.15) is 6.10 Å². The fourth-order valence-electron chi connectivity index (χ4n) is 3.57. The molecule has 0 saturated heterocycles. The molecular weight excluding hydrogens is 384 g/mol. The molecule has 2 rings (SSSR count). The van der Waals surface area contributed by atoms with Gasteiger partial charge in [-0.2, -0.15) is 0 Å². The van der Waals surface area contributed by atoms with Crippen molar-refractivity contribution in [3.8, 4) is 0 Å². The van der Waals surface area contributed by atoms with Gasteiger partial charge in [0, 0.05) is 6.42 Å². The van der Waals surface area contributed by atoms with E-state index in [0.717, 1.165) is 10.4 Å². The van der Waals surface area contributed by atoms with Crippen molar-refractivity contribution in [2.75, 3.05) is 0 Å². The summed E-state index contributed by atoms with van der Waals surface area (Å²) >= 11 is 0. The van der Waals surface area contributed by atoms with Gasteiger partial charge in [-0.15, -0.1) is 6.58 Å². The van der Waals surface area contributed by atoms with Crippen molar-refractivity contribution in [2.24, 2.45) is 0 Å². The largest absolute Gasteiger partial charge is 0.475 e. The second kappa shape index (κ2) is 9.30. The average molecular weight is 413 g/mol. The van der Waals surface area contributed by atoms with Crippen molar-refractivity contribution in [3.05, 3.63) is 73.3 Å². The predicted octanol–water partition coefficient (Wildman–Crippen LogP) is 2.52. The number of hydrogen-bond acceptors (Lipinski definition) is 4. The van der Waals surface area contributed by atoms with Crippen LogP contribution >= 0.6 is 0 Å². The molecule has 5 nitrogen and oxygen atoms in total. The summed E-state index contributed by atoms with van der Waals surface area (Å²) in [5.74, 6) is -2.65. The Morgan fingerprint density at radius 2 is 1.48 bits per heavy atom. The maximum absolute atomic E-state index is 12.5. The van der Waals surface area contributed by atoms with Crippen molar-refractivity contribution < 1.29 is 24.2 Å². The van der Waals surface area contributed by atoms with Gasteiger partial charge in [0.2, 0.25) is 0 Å². The number of carbonyl (C=O) groups excluding carboxylic acids is 1. The van der Waals surface area contributed by atoms with E-state index in [-0.39, 0.29) is 6.42 Å². The number of carbonyl (C=O) groups is 2. The maximum atomic E-state index is 12.5. The molecule has 0 aliphatic carbocycles. The number of hydrogen-bond donors (Lipinski definition) is 2. The maximum Gasteiger partial charge on any atom is 0.374 e. The Bertz CT molecular complexity index is 803. The minimum Gasteiger partial charge on any atom is -0.475 e. The molecule has 0 heterocycles. The number of ketones is 1. The highest BCUT2D eigenvalue weighted by atomic mass is 28.4. The van der Waals surface area contributed by atoms with Crippen LogP contribution in [-0.2, 0) is 14.0 Å². The van der Waals surface area contributed by atoms with Crippen LogP contribution in [0.3, 0.4) is 0 Å². The van der Waals surface area contributed by atoms with E-state index < -0.39 is 37.3 Å². The summed E-state index contributed by atoms with van der Waals surface area (Å²) in [6, 6.07) is 19.2. The van der Waals surface area contributed by atoms with Crippen LogP contribution in [0.25, 0.3) is 0 Å². The topological polar surface area (TPSA) is 83.8 Å². The first-order valence-electron chi connectivity index (χ1n) is 9.50. The molecule has 6 heteroatoms. The summed E-state index contributed by atoms with van der Waals surface area (Å²) in [4.78, 5) is 24.0. The van der Waals surface area contributed by atoms with E-state index in [1.807, 2.05) is 81.4 Å². The lowest BCUT2D eigenvalue weighted by Gasteiger charge is -2.44. The fourth-order valence-corrected chi connectivity index (χ4v) is 8.21. The zero-order chi connectivity index (χ0) is 21.7. The molecule has 0 aliphatic heterocycles. The molecule has 0 aliphatic rings. The van der Waals surface area contributed by atoms with Crippen molar-refractivity contribution >= 4 is 30.4 Å². The van der Waals surface area contributed by atoms with Gasteiger partial charge in [0.05, 0.1) is 6.10 Å². The summed E-state index contributed by atoms with van der Waals surface area (Å²) in [7, 11) is -3.13. The molecule has 0 spiro atoms. The first-order valence-corrected chi connectivity index (χ1v) is 11.4. The van der Waals surface area contributed by atoms with E-state index in [2.05, 4.69) is 6.58 Å². The van der Waals surface area contributed by atoms with Crippen LogP contribution in [0.1, 0.15) is 27.2 Å². The molecule has 29 heavy (non-hydrogen) atoms. The third kappa shape index (κ3) is 4.90. The summed E-state index contributed by atoms with van der Waals surface area (Å²) in [5.41, 5.74) is 0. The lowest BCUT2D eigenvalue weighted by molar-refractivity contribution is -0.153. The highest BCUT2D eigenvalue weighted by molar-refractivity contribution is 6.99. The summed E-state index contributed by atoms with van der Waals surface area (Å²) < 4.78 is 6.57. The van der Waals surface area contributed by atoms with Gasteiger partial charge >= 0.3 is 5.97 Å². The minimum absolute atomic E-state index is 0.168. The Balaban J connectivity index is 2.72. The molecule has 2 aromatic rings. The standard InChI is InChI=1S/C23H28O5Si/c1-5-17(24)16-20(21(25)22(26)27)28-29(23(2,3)4,18-12-8-6-9-13-18)19-14-10-7-11-15-19/h5-15,17,20,24H,1,16H2,2-4H3,(H,26,27)/t17-,20-/m1/s1. The number of benzene rings is 2. The first-order chi connectivity index (χ1) is 13.6. The van der Waals surface area contributed by atoms with Crippen LogP contribution in [-0.4, -0.2) is 42.5 Å². The molecule has 0 unspecified atom stereocenters. The summed E-state index contributed by atoms with van der Waals surface area (Å²) in [6.07, 6.45) is -1.25. The van der Waals surface area contributed by atoms with E-state index in [1.165, 1.54) is 6.08 Å². The lowest BCUT2D eigenvalue weighted by atomic mass is 10.1. The summed E-state index contributed by atoms with van der Waals surface area (Å²) in [6.45, 7) is 9.63. The van der Waals surface area contributed by atoms with Crippen molar-refractivity contribution in [3.63, 3.8) is 0 Å². The Hall–Kier alpha value is -2.54. The molecule has 0 fully saturated rings. The molecule has 0 bridgehead atoms. The van der Waals surface area contributed by atoms with E-state index in [1.54, 1.807) is 0 Å². The number of aliphatic carboxylic acids is 1. The van der Waals surface area contributed by atoms with E-state index in [9.17, 15) is 19.8 Å². The van der Waals surface area contributed by atoms with Gasteiger partial charge < -0.3 is 14.6 Å². The Morgan fingerprint density at radius 3 is 1.83 bits per heavy atom. The van der Waals surface area contributed by atoms with E-state index >= 15 is 0 Å². The highest BCUT2D eigenvalue weighted by Gasteiger charge is 2.52. The molecule has 2 N–H and O–H groups in total. The normalized spacial score (nSPS) is 14.1. The quantitative estimate of drug-likeness (QED) is 0.376. The number of aliphatic hydroxyl groups is 1. The van der Waals surface area contributed by atoms with E-state index in [4.69, 9.17) is 4.43 Å². The zero-order valence-corrected chi connectivity index (χ0v) is 18.0. The SMILES string of the molecule is C=C[C@@H](O)C[C@@H](O[Si](c1ccccc1)(c1ccccc1)C(C)(C)C)C(=O)C(=O)O. The van der Waals surface area contributed by atoms with Crippen molar-refractivity contribution in [1.29, 1.82) is 0 Å². The number of carboxylic acid groups (broad SMARTS) is 1. The second-order valence-corrected chi connectivity index (χ2v) is 12.2. The molecule has 0 aromatic heterocycles. The smallest absolute Gasteiger partial charge is 0.374 e. The molecule has 154 valence electrons. The average Bonchev–Trinajstić information content (AvgIpc) is 2.70. The van der Waals surface area contributed by atoms with Gasteiger partial charge in [-0.3, -0.25) is 4.79 Å². The van der Waals surface area contributed by atoms with Crippen LogP contribution in [0, 0.1) is 0 Å². The summed E-state index contributed by atoms with van der Waals surface area (Å²) in [5, 5.41) is 20.9. The predicted molar refractivity (Wildman–Crippen MR) is 116 cm³/mol. The van der Waals surface area contributed by atoms with Gasteiger partial charge in [-0.05, 0) is 15.4 Å². The molecule has 0 saturated carbocycles. The molecule has 0 radical (unpaired) electrons. The van der Waals surface area contributed by atoms with Crippen molar-refractivity contribution in [1.82, 2.24) is 0 Å². The van der Waals surface area contributed by atoms with Crippen molar-refractivity contribution in [2.45, 2.75) is 44.4 Å². The van der Waals surface area contributed by atoms with Gasteiger partial charge in [0.15, 0.2) is 0 Å². The van der Waals surface area contributed by atoms with Crippen LogP contribution in [0.15, 0.2) is 73.3 Å². The lowest BCUT2D eigenvalue weighted by Crippen LogP contribution is -2.68. The second-order valence-electron chi connectivity index (χ2n) is 7.98. The Labute approximate surface area is 172 Å². The number of rotatable bonds is 9. The van der Waals surface area contributed by atoms with Gasteiger partial charge in [-0.1, -0.05) is 87.5 Å². The van der Waals surface area contributed by atoms with Crippen LogP contribution in [0.4, 0.5) is 0 Å². The first kappa shape index (κ1) is 22.7. The monoisotopic (exact) mass is 412 g/mol. The van der Waals surface area contributed by atoms with Gasteiger partial charge in [-0.25, -0.2) is 4.79 Å². The minimum atomic E-state index is -3.13. The third-order valence-corrected chi connectivity index (χ3v) is 10.0. The number of carboxylic acids is 1. The number of Topliss-reactive ketones (excluding diaryl/α,β-unsaturated/α-hetero) is 1. The van der Waals surface area contributed by atoms with Crippen LogP contribution < -0.4 is 10.4 Å².